The zero-order valence-corrected chi connectivity index (χ0v) is 33.8. The minimum atomic E-state index is -1.21. The quantitative estimate of drug-likeness (QED) is 0.0467. The van der Waals surface area contributed by atoms with E-state index in [-0.39, 0.29) is 37.4 Å². The van der Waals surface area contributed by atoms with Crippen molar-refractivity contribution >= 4 is 40.4 Å². The molecule has 6 rings (SSSR count). The summed E-state index contributed by atoms with van der Waals surface area (Å²) in [4.78, 5) is 67.6. The molecule has 322 valence electrons. The molecule has 0 aliphatic carbocycles. The predicted molar refractivity (Wildman–Crippen MR) is 221 cm³/mol. The molecule has 1 aliphatic heterocycles. The fourth-order valence-corrected chi connectivity index (χ4v) is 6.94. The largest absolute Gasteiger partial charge is 0.494 e. The van der Waals surface area contributed by atoms with Gasteiger partial charge in [0.1, 0.15) is 29.8 Å². The minimum absolute atomic E-state index is 0.132. The molecule has 5 atom stereocenters. The molecule has 2 aromatic heterocycles. The Morgan fingerprint density at radius 1 is 0.967 bits per heavy atom. The molecule has 10 N–H and O–H groups in total. The summed E-state index contributed by atoms with van der Waals surface area (Å²) >= 11 is 0. The lowest BCUT2D eigenvalue weighted by atomic mass is 9.83. The molecular weight excluding hydrogens is 792 g/mol. The number of aromatic nitrogens is 5. The van der Waals surface area contributed by atoms with Crippen LogP contribution in [0, 0.1) is 11.7 Å². The van der Waals surface area contributed by atoms with Crippen molar-refractivity contribution in [3.8, 4) is 5.75 Å². The van der Waals surface area contributed by atoms with E-state index in [0.29, 0.717) is 46.7 Å². The van der Waals surface area contributed by atoms with Crippen molar-refractivity contribution in [2.75, 3.05) is 25.0 Å². The Labute approximate surface area is 349 Å². The van der Waals surface area contributed by atoms with Gasteiger partial charge in [-0.05, 0) is 55.0 Å². The number of aryl methyl sites for hydroxylation is 1. The van der Waals surface area contributed by atoms with Gasteiger partial charge in [-0.1, -0.05) is 56.3 Å². The molecule has 19 nitrogen and oxygen atoms in total. The first-order valence-corrected chi connectivity index (χ1v) is 19.7. The summed E-state index contributed by atoms with van der Waals surface area (Å²) < 4.78 is 27.9. The van der Waals surface area contributed by atoms with Crippen molar-refractivity contribution < 1.29 is 33.0 Å². The number of hydrogen-bond donors (Lipinski definition) is 8. The van der Waals surface area contributed by atoms with Gasteiger partial charge in [0, 0.05) is 36.8 Å². The lowest BCUT2D eigenvalue weighted by Gasteiger charge is -2.33. The van der Waals surface area contributed by atoms with Crippen LogP contribution in [-0.2, 0) is 21.4 Å². The molecule has 61 heavy (non-hydrogen) atoms. The Balaban J connectivity index is 1.05. The van der Waals surface area contributed by atoms with E-state index in [1.165, 1.54) is 18.5 Å². The van der Waals surface area contributed by atoms with Crippen molar-refractivity contribution in [1.29, 1.82) is 0 Å². The number of rotatable bonds is 18. The second kappa shape index (κ2) is 19.8. The highest BCUT2D eigenvalue weighted by molar-refractivity contribution is 5.97. The van der Waals surface area contributed by atoms with Crippen LogP contribution in [0.1, 0.15) is 73.9 Å². The molecule has 3 aromatic carbocycles. The highest BCUT2D eigenvalue weighted by atomic mass is 19.1. The molecule has 3 heterocycles. The molecule has 0 radical (unpaired) electrons. The number of halogens is 1. The van der Waals surface area contributed by atoms with E-state index in [1.807, 2.05) is 12.1 Å². The smallest absolute Gasteiger partial charge is 0.409 e. The number of carbonyl (C=O) groups excluding carboxylic acids is 4. The van der Waals surface area contributed by atoms with E-state index in [2.05, 4.69) is 46.9 Å². The summed E-state index contributed by atoms with van der Waals surface area (Å²) in [5.74, 6) is -1.27. The van der Waals surface area contributed by atoms with Crippen LogP contribution in [0.4, 0.5) is 19.7 Å². The maximum absolute atomic E-state index is 14.7. The number of urea groups is 1. The van der Waals surface area contributed by atoms with Crippen molar-refractivity contribution in [1.82, 2.24) is 46.2 Å². The Morgan fingerprint density at radius 2 is 1.70 bits per heavy atom. The normalized spacial score (nSPS) is 15.8. The van der Waals surface area contributed by atoms with Crippen molar-refractivity contribution in [2.24, 2.45) is 24.4 Å². The van der Waals surface area contributed by atoms with Crippen LogP contribution in [0.2, 0.25) is 0 Å². The van der Waals surface area contributed by atoms with E-state index >= 15 is 0 Å². The lowest BCUT2D eigenvalue weighted by Crippen LogP contribution is -2.53. The summed E-state index contributed by atoms with van der Waals surface area (Å²) in [6, 6.07) is 15.3. The summed E-state index contributed by atoms with van der Waals surface area (Å²) in [5.41, 5.74) is 12.9. The average molecular weight is 841 g/mol. The maximum Gasteiger partial charge on any atom is 0.409 e. The van der Waals surface area contributed by atoms with Gasteiger partial charge in [0.05, 0.1) is 35.7 Å². The molecule has 20 heteroatoms. The topological polar surface area (TPSA) is 275 Å². The van der Waals surface area contributed by atoms with Gasteiger partial charge in [-0.3, -0.25) is 19.1 Å². The predicted octanol–water partition coefficient (Wildman–Crippen LogP) is 2.72. The zero-order valence-electron chi connectivity index (χ0n) is 33.8. The Kier molecular flexibility index (Phi) is 14.1. The lowest BCUT2D eigenvalue weighted by molar-refractivity contribution is -0.132. The third-order valence-electron chi connectivity index (χ3n) is 10.2. The number of nitrogens with one attached hydrogen (secondary N) is 6. The van der Waals surface area contributed by atoms with Crippen LogP contribution in [0.5, 0.6) is 5.75 Å². The van der Waals surface area contributed by atoms with E-state index in [9.17, 15) is 28.4 Å². The molecule has 5 aromatic rings. The maximum atomic E-state index is 14.7. The molecule has 0 saturated heterocycles. The monoisotopic (exact) mass is 840 g/mol. The first-order chi connectivity index (χ1) is 29.3. The molecule has 5 amide bonds. The molecule has 0 saturated carbocycles. The number of H-pyrrole nitrogens is 1. The Morgan fingerprint density at radius 3 is 2.39 bits per heavy atom. The summed E-state index contributed by atoms with van der Waals surface area (Å²) in [7, 11) is 1.76. The number of amides is 5. The number of carbonyl (C=O) groups is 4. The fraction of sp³-hybridized carbons (Fsp3) is 0.366. The number of aromatic amines is 1. The third-order valence-corrected chi connectivity index (χ3v) is 10.2. The van der Waals surface area contributed by atoms with Crippen LogP contribution in [-0.4, -0.2) is 80.7 Å². The highest BCUT2D eigenvalue weighted by Gasteiger charge is 2.38. The number of nitrogens with two attached hydrogens (primary N) is 2. The van der Waals surface area contributed by atoms with Gasteiger partial charge in [-0.2, -0.15) is 10.2 Å². The van der Waals surface area contributed by atoms with Crippen LogP contribution in [0.25, 0.3) is 10.8 Å². The van der Waals surface area contributed by atoms with Gasteiger partial charge >= 0.3 is 12.1 Å². The molecule has 0 bridgehead atoms. The number of benzene rings is 3. The third kappa shape index (κ3) is 10.8. The van der Waals surface area contributed by atoms with Gasteiger partial charge in [-0.25, -0.2) is 24.1 Å². The highest BCUT2D eigenvalue weighted by Crippen LogP contribution is 2.46. The van der Waals surface area contributed by atoms with E-state index in [0.717, 1.165) is 5.56 Å². The number of alkyl carbamates (subject to hydrolysis) is 1. The van der Waals surface area contributed by atoms with Gasteiger partial charge in [0.25, 0.3) is 5.56 Å². The second-order valence-electron chi connectivity index (χ2n) is 14.8. The van der Waals surface area contributed by atoms with Crippen molar-refractivity contribution in [3.05, 3.63) is 112 Å². The van der Waals surface area contributed by atoms with Gasteiger partial charge in [0.15, 0.2) is 0 Å². The Hall–Kier alpha value is -7.09. The number of ether oxygens (including phenoxy) is 2. The molecule has 0 spiro atoms. The number of anilines is 1. The minimum Gasteiger partial charge on any atom is -0.494 e. The van der Waals surface area contributed by atoms with Gasteiger partial charge in [-0.15, -0.1) is 0 Å². The zero-order chi connectivity index (χ0) is 43.6. The first kappa shape index (κ1) is 43.5. The summed E-state index contributed by atoms with van der Waals surface area (Å²) in [6.07, 6.45) is 0.253. The molecule has 1 aliphatic rings. The summed E-state index contributed by atoms with van der Waals surface area (Å²) in [6.45, 7) is 4.13. The SMILES string of the molecule is CC(C)[C@H](N)C(=O)N[C@@H](CCCNC(N)=O)C(=O)NC(OC(=O)NCCCOc1ccc([C@H]2Nc3cc(F)cc4c(=O)[nH]nc(c34)[C@@H]2c2ncnn2C)cc1)c1ccccc1. The average Bonchev–Trinajstić information content (AvgIpc) is 3.67. The van der Waals surface area contributed by atoms with E-state index in [4.69, 9.17) is 20.9 Å². The number of hydrogen-bond acceptors (Lipinski definition) is 12. The molecular formula is C41H49FN12O7. The van der Waals surface area contributed by atoms with Crippen molar-refractivity contribution in [2.45, 2.75) is 63.4 Å². The van der Waals surface area contributed by atoms with Gasteiger partial charge < -0.3 is 47.5 Å². The number of primary amides is 1. The fourth-order valence-electron chi connectivity index (χ4n) is 6.94. The molecule has 1 unspecified atom stereocenters. The van der Waals surface area contributed by atoms with Gasteiger partial charge in [0.2, 0.25) is 18.0 Å². The summed E-state index contributed by atoms with van der Waals surface area (Å²) in [5, 5.41) is 25.7. The van der Waals surface area contributed by atoms with Crippen molar-refractivity contribution in [3.63, 3.8) is 0 Å². The Bertz CT molecular complexity index is 2390. The standard InChI is InChI=1S/C41H49FN12O7/c1-22(2)32(43)38(57)50-28(11-7-16-45-40(44)58)37(56)51-39(24-9-5-4-6-10-24)61-41(59)46-17-8-18-60-26-14-12-23(13-15-26)33-31(35-47-21-48-54(35)3)34-30-27(36(55)53-52-34)19-25(42)20-29(30)49-33/h4-6,9-10,12-15,19-22,28,31-33,39,49H,7-8,11,16-18,43H2,1-3H3,(H,46,59)(H,50,57)(H,51,56)(H,53,55)(H3,44,45,58)/t28-,31+,32-,33+,39?/m0/s1. The van der Waals surface area contributed by atoms with Crippen LogP contribution in [0.3, 0.4) is 0 Å². The van der Waals surface area contributed by atoms with Crippen LogP contribution >= 0.6 is 0 Å². The van der Waals surface area contributed by atoms with E-state index < -0.39 is 65.6 Å². The second-order valence-corrected chi connectivity index (χ2v) is 14.8. The van der Waals surface area contributed by atoms with E-state index in [1.54, 1.807) is 68.0 Å². The van der Waals surface area contributed by atoms with Crippen LogP contribution in [0.15, 0.2) is 77.9 Å². The molecule has 0 fully saturated rings. The number of nitrogens with zero attached hydrogens (tertiary/aromatic N) is 4. The first-order valence-electron chi connectivity index (χ1n) is 19.7. The van der Waals surface area contributed by atoms with Crippen LogP contribution < -0.4 is 48.3 Å².